The fourth-order valence-corrected chi connectivity index (χ4v) is 2.81. The van der Waals surface area contributed by atoms with Crippen LogP contribution in [-0.4, -0.2) is 49.1 Å². The van der Waals surface area contributed by atoms with Crippen LogP contribution in [0.5, 0.6) is 0 Å². The van der Waals surface area contributed by atoms with Crippen molar-refractivity contribution in [2.24, 2.45) is 0 Å². The number of carbonyl (C=O) groups is 1. The molecule has 0 radical (unpaired) electrons. The van der Waals surface area contributed by atoms with Crippen molar-refractivity contribution in [3.05, 3.63) is 66.2 Å². The molecule has 1 fully saturated rings. The molecule has 2 aromatic rings. The van der Waals surface area contributed by atoms with Crippen LogP contribution in [0.4, 0.5) is 10.5 Å². The molecule has 3 rings (SSSR count). The number of piperazine rings is 1. The Balaban J connectivity index is 1.81. The number of rotatable bonds is 3. The number of hydrogen-bond acceptors (Lipinski definition) is 2. The van der Waals surface area contributed by atoms with E-state index < -0.39 is 0 Å². The van der Waals surface area contributed by atoms with E-state index in [1.54, 1.807) is 0 Å². The van der Waals surface area contributed by atoms with Crippen LogP contribution in [0.25, 0.3) is 0 Å². The van der Waals surface area contributed by atoms with Gasteiger partial charge in [0, 0.05) is 31.9 Å². The SMILES string of the molecule is CN1CCN(C(=O)N(Cc2ccccc2)c2ccccc2)CC1. The third kappa shape index (κ3) is 3.90. The van der Waals surface area contributed by atoms with Crippen molar-refractivity contribution in [2.45, 2.75) is 6.54 Å². The molecular formula is C19H23N3O. The number of nitrogens with zero attached hydrogens (tertiary/aromatic N) is 3. The lowest BCUT2D eigenvalue weighted by Gasteiger charge is -2.36. The highest BCUT2D eigenvalue weighted by molar-refractivity contribution is 5.92. The minimum atomic E-state index is 0.0909. The summed E-state index contributed by atoms with van der Waals surface area (Å²) < 4.78 is 0. The van der Waals surface area contributed by atoms with Gasteiger partial charge in [-0.15, -0.1) is 0 Å². The number of anilines is 1. The molecule has 1 saturated heterocycles. The first-order chi connectivity index (χ1) is 11.2. The van der Waals surface area contributed by atoms with E-state index in [9.17, 15) is 4.79 Å². The Labute approximate surface area is 137 Å². The summed E-state index contributed by atoms with van der Waals surface area (Å²) in [6.07, 6.45) is 0. The van der Waals surface area contributed by atoms with E-state index in [4.69, 9.17) is 0 Å². The van der Waals surface area contributed by atoms with Gasteiger partial charge in [-0.2, -0.15) is 0 Å². The highest BCUT2D eigenvalue weighted by Gasteiger charge is 2.25. The van der Waals surface area contributed by atoms with Crippen molar-refractivity contribution in [1.29, 1.82) is 0 Å². The lowest BCUT2D eigenvalue weighted by atomic mass is 10.2. The van der Waals surface area contributed by atoms with Crippen LogP contribution in [-0.2, 0) is 6.54 Å². The first-order valence-corrected chi connectivity index (χ1v) is 8.08. The molecule has 2 aromatic carbocycles. The smallest absolute Gasteiger partial charge is 0.322 e. The van der Waals surface area contributed by atoms with Crippen LogP contribution in [0.15, 0.2) is 60.7 Å². The van der Waals surface area contributed by atoms with Crippen LogP contribution in [0.2, 0.25) is 0 Å². The molecule has 0 bridgehead atoms. The summed E-state index contributed by atoms with van der Waals surface area (Å²) in [7, 11) is 2.10. The molecule has 1 heterocycles. The average molecular weight is 309 g/mol. The van der Waals surface area contributed by atoms with Gasteiger partial charge in [-0.05, 0) is 24.7 Å². The third-order valence-corrected chi connectivity index (χ3v) is 4.26. The molecule has 2 amide bonds. The molecule has 1 aliphatic heterocycles. The van der Waals surface area contributed by atoms with Crippen LogP contribution in [0, 0.1) is 0 Å². The van der Waals surface area contributed by atoms with Crippen molar-refractivity contribution in [3.8, 4) is 0 Å². The predicted molar refractivity (Wildman–Crippen MR) is 93.5 cm³/mol. The highest BCUT2D eigenvalue weighted by atomic mass is 16.2. The zero-order valence-corrected chi connectivity index (χ0v) is 13.6. The van der Waals surface area contributed by atoms with E-state index in [0.717, 1.165) is 37.4 Å². The second-order valence-corrected chi connectivity index (χ2v) is 5.98. The minimum absolute atomic E-state index is 0.0909. The number of amides is 2. The summed E-state index contributed by atoms with van der Waals surface area (Å²) in [5, 5.41) is 0. The maximum absolute atomic E-state index is 13.0. The molecule has 0 unspecified atom stereocenters. The molecule has 4 heteroatoms. The quantitative estimate of drug-likeness (QED) is 0.871. The van der Waals surface area contributed by atoms with Gasteiger partial charge in [0.1, 0.15) is 0 Å². The summed E-state index contributed by atoms with van der Waals surface area (Å²) >= 11 is 0. The van der Waals surface area contributed by atoms with E-state index >= 15 is 0 Å². The highest BCUT2D eigenvalue weighted by Crippen LogP contribution is 2.19. The molecule has 0 spiro atoms. The number of urea groups is 1. The molecule has 0 N–H and O–H groups in total. The van der Waals surface area contributed by atoms with Gasteiger partial charge in [0.25, 0.3) is 0 Å². The van der Waals surface area contributed by atoms with E-state index in [1.807, 2.05) is 58.3 Å². The van der Waals surface area contributed by atoms with E-state index in [0.29, 0.717) is 6.54 Å². The molecule has 0 aromatic heterocycles. The van der Waals surface area contributed by atoms with E-state index in [1.165, 1.54) is 0 Å². The van der Waals surface area contributed by atoms with Gasteiger partial charge in [-0.3, -0.25) is 4.90 Å². The van der Waals surface area contributed by atoms with Crippen LogP contribution < -0.4 is 4.90 Å². The molecule has 120 valence electrons. The zero-order valence-electron chi connectivity index (χ0n) is 13.6. The largest absolute Gasteiger partial charge is 0.324 e. The maximum atomic E-state index is 13.0. The summed E-state index contributed by atoms with van der Waals surface area (Å²) in [4.78, 5) is 19.1. The second-order valence-electron chi connectivity index (χ2n) is 5.98. The number of para-hydroxylation sites is 1. The van der Waals surface area contributed by atoms with Crippen molar-refractivity contribution in [1.82, 2.24) is 9.80 Å². The van der Waals surface area contributed by atoms with Gasteiger partial charge in [0.15, 0.2) is 0 Å². The summed E-state index contributed by atoms with van der Waals surface area (Å²) in [6, 6.07) is 20.2. The first kappa shape index (κ1) is 15.6. The Bertz CT molecular complexity index is 622. The maximum Gasteiger partial charge on any atom is 0.324 e. The van der Waals surface area contributed by atoms with Gasteiger partial charge < -0.3 is 9.80 Å². The predicted octanol–water partition coefficient (Wildman–Crippen LogP) is 3.06. The molecule has 23 heavy (non-hydrogen) atoms. The van der Waals surface area contributed by atoms with Crippen molar-refractivity contribution < 1.29 is 4.79 Å². The van der Waals surface area contributed by atoms with E-state index in [-0.39, 0.29) is 6.03 Å². The summed E-state index contributed by atoms with van der Waals surface area (Å²) in [5.41, 5.74) is 2.08. The summed E-state index contributed by atoms with van der Waals surface area (Å²) in [6.45, 7) is 4.02. The van der Waals surface area contributed by atoms with Crippen LogP contribution >= 0.6 is 0 Å². The molecule has 0 atom stereocenters. The second kappa shape index (κ2) is 7.29. The number of likely N-dealkylation sites (N-methyl/N-ethyl adjacent to an activating group) is 1. The molecule has 0 saturated carbocycles. The van der Waals surface area contributed by atoms with Gasteiger partial charge in [0.05, 0.1) is 6.54 Å². The van der Waals surface area contributed by atoms with Crippen LogP contribution in [0.3, 0.4) is 0 Å². The van der Waals surface area contributed by atoms with Gasteiger partial charge >= 0.3 is 6.03 Å². The van der Waals surface area contributed by atoms with Gasteiger partial charge in [-0.25, -0.2) is 4.79 Å². The summed E-state index contributed by atoms with van der Waals surface area (Å²) in [5.74, 6) is 0. The lowest BCUT2D eigenvalue weighted by Crippen LogP contribution is -2.51. The third-order valence-electron chi connectivity index (χ3n) is 4.26. The van der Waals surface area contributed by atoms with Gasteiger partial charge in [0.2, 0.25) is 0 Å². The van der Waals surface area contributed by atoms with Crippen molar-refractivity contribution in [3.63, 3.8) is 0 Å². The Morgan fingerprint density at radius 1 is 0.913 bits per heavy atom. The number of benzene rings is 2. The molecule has 0 aliphatic carbocycles. The number of carbonyl (C=O) groups excluding carboxylic acids is 1. The van der Waals surface area contributed by atoms with Gasteiger partial charge in [-0.1, -0.05) is 48.5 Å². The number of hydrogen-bond donors (Lipinski definition) is 0. The standard InChI is InChI=1S/C19H23N3O/c1-20-12-14-21(15-13-20)19(23)22(18-10-6-3-7-11-18)16-17-8-4-2-5-9-17/h2-11H,12-16H2,1H3. The van der Waals surface area contributed by atoms with Crippen LogP contribution in [0.1, 0.15) is 5.56 Å². The van der Waals surface area contributed by atoms with Crippen molar-refractivity contribution in [2.75, 3.05) is 38.1 Å². The lowest BCUT2D eigenvalue weighted by molar-refractivity contribution is 0.159. The fraction of sp³-hybridized carbons (Fsp3) is 0.316. The zero-order chi connectivity index (χ0) is 16.1. The molecule has 1 aliphatic rings. The normalized spacial score (nSPS) is 15.4. The minimum Gasteiger partial charge on any atom is -0.322 e. The fourth-order valence-electron chi connectivity index (χ4n) is 2.81. The Hall–Kier alpha value is -2.33. The topological polar surface area (TPSA) is 26.8 Å². The Morgan fingerprint density at radius 3 is 2.09 bits per heavy atom. The Kier molecular flexibility index (Phi) is 4.93. The monoisotopic (exact) mass is 309 g/mol. The average Bonchev–Trinajstić information content (AvgIpc) is 2.61. The Morgan fingerprint density at radius 2 is 1.48 bits per heavy atom. The molecular weight excluding hydrogens is 286 g/mol. The first-order valence-electron chi connectivity index (χ1n) is 8.08. The van der Waals surface area contributed by atoms with Crippen molar-refractivity contribution >= 4 is 11.7 Å². The molecule has 4 nitrogen and oxygen atoms in total. The van der Waals surface area contributed by atoms with E-state index in [2.05, 4.69) is 24.1 Å².